The number of carbonyl (C=O) groups is 1. The second-order valence-electron chi connectivity index (χ2n) is 9.25. The highest BCUT2D eigenvalue weighted by atomic mass is 16.7. The summed E-state index contributed by atoms with van der Waals surface area (Å²) in [6.45, 7) is 4.60. The van der Waals surface area contributed by atoms with Crippen LogP contribution in [0, 0.1) is 13.8 Å². The molecule has 3 atom stereocenters. The number of rotatable bonds is 12. The Morgan fingerprint density at radius 3 is 2.35 bits per heavy atom. The van der Waals surface area contributed by atoms with E-state index in [2.05, 4.69) is 16.9 Å². The Hall–Kier alpha value is -3.19. The molecule has 0 fully saturated rings. The van der Waals surface area contributed by atoms with Crippen molar-refractivity contribution in [3.05, 3.63) is 44.1 Å². The van der Waals surface area contributed by atoms with E-state index in [9.17, 15) is 29.7 Å². The van der Waals surface area contributed by atoms with Gasteiger partial charge in [-0.3, -0.25) is 4.79 Å². The van der Waals surface area contributed by atoms with Gasteiger partial charge in [-0.1, -0.05) is 37.3 Å². The van der Waals surface area contributed by atoms with E-state index in [4.69, 9.17) is 9.94 Å². The lowest BCUT2D eigenvalue weighted by Gasteiger charge is -2.25. The topological polar surface area (TPSA) is 177 Å². The van der Waals surface area contributed by atoms with Crippen molar-refractivity contribution in [3.63, 3.8) is 0 Å². The lowest BCUT2D eigenvalue weighted by molar-refractivity contribution is -0.145. The summed E-state index contributed by atoms with van der Waals surface area (Å²) in [7, 11) is 0. The smallest absolute Gasteiger partial charge is 0.386 e. The fourth-order valence-corrected chi connectivity index (χ4v) is 4.02. The van der Waals surface area contributed by atoms with Gasteiger partial charge in [-0.25, -0.2) is 14.6 Å². The molecule has 0 aliphatic carbocycles. The van der Waals surface area contributed by atoms with Gasteiger partial charge < -0.3 is 29.8 Å². The van der Waals surface area contributed by atoms with Gasteiger partial charge in [-0.2, -0.15) is 4.98 Å². The third-order valence-electron chi connectivity index (χ3n) is 6.37. The zero-order valence-electron chi connectivity index (χ0n) is 21.3. The Morgan fingerprint density at radius 1 is 1.00 bits per heavy atom. The van der Waals surface area contributed by atoms with Gasteiger partial charge in [0.15, 0.2) is 11.5 Å². The van der Waals surface area contributed by atoms with Crippen LogP contribution in [0.15, 0.2) is 21.7 Å². The molecule has 0 spiro atoms. The van der Waals surface area contributed by atoms with E-state index in [1.807, 2.05) is 13.8 Å². The first kappa shape index (κ1) is 28.4. The molecule has 0 saturated carbocycles. The maximum Gasteiger partial charge on any atom is 0.386 e. The van der Waals surface area contributed by atoms with E-state index >= 15 is 0 Å². The summed E-state index contributed by atoms with van der Waals surface area (Å²) in [6.07, 6.45) is -0.416. The molecule has 12 heteroatoms. The number of fused-ring (bicyclic) bond motifs is 2. The zero-order valence-corrected chi connectivity index (χ0v) is 21.3. The Morgan fingerprint density at radius 2 is 1.68 bits per heavy atom. The van der Waals surface area contributed by atoms with Gasteiger partial charge in [-0.15, -0.1) is 0 Å². The number of carbonyl (C=O) groups excluding carboxylic acids is 1. The summed E-state index contributed by atoms with van der Waals surface area (Å²) in [6, 6.07) is 3.44. The predicted molar refractivity (Wildman–Crippen MR) is 134 cm³/mol. The van der Waals surface area contributed by atoms with Crippen LogP contribution in [0.25, 0.3) is 22.6 Å². The quantitative estimate of drug-likeness (QED) is 0.189. The summed E-state index contributed by atoms with van der Waals surface area (Å²) >= 11 is 0. The van der Waals surface area contributed by atoms with E-state index in [1.54, 1.807) is 12.1 Å². The maximum absolute atomic E-state index is 13.2. The molecule has 0 amide bonds. The van der Waals surface area contributed by atoms with Crippen molar-refractivity contribution in [1.82, 2.24) is 19.3 Å². The first-order valence-electron chi connectivity index (χ1n) is 12.4. The lowest BCUT2D eigenvalue weighted by atomic mass is 10.1. The second kappa shape index (κ2) is 12.4. The molecule has 2 heterocycles. The van der Waals surface area contributed by atoms with Crippen LogP contribution in [0.1, 0.15) is 56.6 Å². The fraction of sp³-hybridized carbons (Fsp3) is 0.560. The number of unbranched alkanes of at least 4 members (excludes halogenated alkanes) is 4. The first-order chi connectivity index (χ1) is 17.6. The highest BCUT2D eigenvalue weighted by molar-refractivity contribution is 5.81. The third kappa shape index (κ3) is 6.39. The largest absolute Gasteiger partial charge is 0.394 e. The molecule has 12 nitrogen and oxygen atoms in total. The molecular formula is C25H34N4O8. The number of aliphatic hydroxyl groups is 4. The summed E-state index contributed by atoms with van der Waals surface area (Å²) in [5, 5.41) is 39.6. The molecular weight excluding hydrogens is 484 g/mol. The van der Waals surface area contributed by atoms with Gasteiger partial charge in [0.05, 0.1) is 24.2 Å². The van der Waals surface area contributed by atoms with Crippen LogP contribution < -0.4 is 16.1 Å². The lowest BCUT2D eigenvalue weighted by Crippen LogP contribution is -2.45. The van der Waals surface area contributed by atoms with Crippen LogP contribution in [0.4, 0.5) is 0 Å². The van der Waals surface area contributed by atoms with E-state index < -0.39 is 42.1 Å². The van der Waals surface area contributed by atoms with E-state index in [0.717, 1.165) is 36.8 Å². The molecule has 0 aromatic heterocycles. The summed E-state index contributed by atoms with van der Waals surface area (Å²) in [5.74, 6) is -0.934. The van der Waals surface area contributed by atoms with E-state index in [-0.39, 0.29) is 29.2 Å². The molecule has 2 aliphatic rings. The van der Waals surface area contributed by atoms with Crippen molar-refractivity contribution in [1.29, 1.82) is 0 Å². The van der Waals surface area contributed by atoms with Gasteiger partial charge in [0, 0.05) is 6.42 Å². The maximum atomic E-state index is 13.2. The Balaban J connectivity index is 2.07. The first-order valence-corrected chi connectivity index (χ1v) is 12.4. The molecule has 37 heavy (non-hydrogen) atoms. The molecule has 1 aromatic carbocycles. The van der Waals surface area contributed by atoms with Gasteiger partial charge in [0.1, 0.15) is 18.3 Å². The second-order valence-corrected chi connectivity index (χ2v) is 9.25. The molecule has 202 valence electrons. The van der Waals surface area contributed by atoms with Gasteiger partial charge in [-0.05, 0) is 43.5 Å². The highest BCUT2D eigenvalue weighted by Gasteiger charge is 2.29. The molecule has 0 radical (unpaired) electrons. The third-order valence-corrected chi connectivity index (χ3v) is 6.37. The average molecular weight is 519 g/mol. The standard InChI is InChI=1S/C25H34N4O8/c1-4-5-6-7-8-9-20(33)37-29-24(35)21-23(27-25(29)36)28(12-18(31)22(34)19(32)13-30)17-11-15(3)14(2)10-16(17)26-21/h10-11,18-19,22,30-32,34H,4-9,12-13H2,1-3H3. The number of benzene rings is 1. The normalized spacial score (nSPS) is 14.1. The van der Waals surface area contributed by atoms with Crippen molar-refractivity contribution < 1.29 is 30.1 Å². The van der Waals surface area contributed by atoms with Crippen LogP contribution >= 0.6 is 0 Å². The SMILES string of the molecule is CCCCCCCC(=O)On1c(=O)nc2n(CC(O)C(O)C(O)CO)c3cc(C)c(C)cc3nc-2c1=O. The number of nitrogens with zero attached hydrogens (tertiary/aromatic N) is 4. The van der Waals surface area contributed by atoms with E-state index in [1.165, 1.54) is 4.57 Å². The van der Waals surface area contributed by atoms with Gasteiger partial charge in [0.25, 0.3) is 0 Å². The Kier molecular flexibility index (Phi) is 9.49. The number of hydrogen-bond acceptors (Lipinski definition) is 10. The van der Waals surface area contributed by atoms with Crippen LogP contribution in [0.2, 0.25) is 0 Å². The van der Waals surface area contributed by atoms with Crippen LogP contribution in [0.3, 0.4) is 0 Å². The summed E-state index contributed by atoms with van der Waals surface area (Å²) < 4.78 is 1.62. The summed E-state index contributed by atoms with van der Waals surface area (Å²) in [4.78, 5) is 51.5. The van der Waals surface area contributed by atoms with Gasteiger partial charge >= 0.3 is 17.2 Å². The van der Waals surface area contributed by atoms with E-state index in [0.29, 0.717) is 17.5 Å². The molecule has 2 aliphatic heterocycles. The monoisotopic (exact) mass is 518 g/mol. The molecule has 1 aromatic rings. The van der Waals surface area contributed by atoms with Crippen LogP contribution in [0.5, 0.6) is 0 Å². The van der Waals surface area contributed by atoms with Crippen molar-refractivity contribution in [2.24, 2.45) is 0 Å². The van der Waals surface area contributed by atoms with Crippen molar-refractivity contribution in [2.45, 2.75) is 84.2 Å². The molecule has 0 saturated heterocycles. The summed E-state index contributed by atoms with van der Waals surface area (Å²) in [5.41, 5.74) is 0.0618. The molecule has 3 rings (SSSR count). The minimum Gasteiger partial charge on any atom is -0.394 e. The number of hydrogen-bond donors (Lipinski definition) is 4. The fourth-order valence-electron chi connectivity index (χ4n) is 4.02. The van der Waals surface area contributed by atoms with Crippen molar-refractivity contribution >= 4 is 17.0 Å². The van der Waals surface area contributed by atoms with Crippen LogP contribution in [-0.4, -0.2) is 70.6 Å². The Labute approximate surface area is 213 Å². The van der Waals surface area contributed by atoms with Crippen molar-refractivity contribution in [3.8, 4) is 11.5 Å². The molecule has 3 unspecified atom stereocenters. The average Bonchev–Trinajstić information content (AvgIpc) is 2.87. The molecule has 0 bridgehead atoms. The minimum absolute atomic E-state index is 0.0362. The Bertz CT molecular complexity index is 1330. The van der Waals surface area contributed by atoms with Gasteiger partial charge in [0.2, 0.25) is 0 Å². The minimum atomic E-state index is -1.72. The number of aliphatic hydroxyl groups excluding tert-OH is 4. The zero-order chi connectivity index (χ0) is 27.3. The predicted octanol–water partition coefficient (Wildman–Crippen LogP) is 0.0655. The molecule has 4 N–H and O–H groups in total. The highest BCUT2D eigenvalue weighted by Crippen LogP contribution is 2.24. The van der Waals surface area contributed by atoms with Crippen LogP contribution in [-0.2, 0) is 11.3 Å². The van der Waals surface area contributed by atoms with Crippen molar-refractivity contribution in [2.75, 3.05) is 6.61 Å². The number of aromatic nitrogens is 4. The number of aryl methyl sites for hydroxylation is 2.